The standard InChI is InChI=1S/C16H22F3N7O3S.HI/c1-20-15(21-9-12-10-24(2)22-14(12)16(17,18)19)25-4-6-26(7-5-25)30(27,28)11-13-3-8-29-23-13;/h3,8,10H,4-7,9,11H2,1-2H3,(H,20,21);1H. The molecule has 1 saturated heterocycles. The molecule has 0 unspecified atom stereocenters. The van der Waals surface area contributed by atoms with Crippen LogP contribution in [-0.2, 0) is 35.5 Å². The number of nitrogens with one attached hydrogen (secondary N) is 1. The van der Waals surface area contributed by atoms with Crippen LogP contribution in [0, 0.1) is 0 Å². The van der Waals surface area contributed by atoms with Crippen molar-refractivity contribution < 1.29 is 26.1 Å². The van der Waals surface area contributed by atoms with Crippen molar-refractivity contribution in [3.8, 4) is 0 Å². The maximum atomic E-state index is 13.1. The summed E-state index contributed by atoms with van der Waals surface area (Å²) in [7, 11) is -0.608. The Morgan fingerprint density at radius 2 is 1.97 bits per heavy atom. The maximum Gasteiger partial charge on any atom is 0.435 e. The van der Waals surface area contributed by atoms with Gasteiger partial charge >= 0.3 is 6.18 Å². The molecule has 2 aromatic rings. The highest BCUT2D eigenvalue weighted by molar-refractivity contribution is 14.0. The third-order valence-electron chi connectivity index (χ3n) is 4.57. The lowest BCUT2D eigenvalue weighted by atomic mass is 10.2. The number of piperazine rings is 1. The van der Waals surface area contributed by atoms with E-state index in [-0.39, 0.29) is 54.9 Å². The molecule has 0 radical (unpaired) electrons. The number of nitrogens with zero attached hydrogens (tertiary/aromatic N) is 6. The molecule has 0 aliphatic carbocycles. The van der Waals surface area contributed by atoms with E-state index in [0.717, 1.165) is 4.68 Å². The van der Waals surface area contributed by atoms with E-state index in [1.165, 1.54) is 36.9 Å². The second kappa shape index (κ2) is 10.2. The first-order valence-corrected chi connectivity index (χ1v) is 10.6. The van der Waals surface area contributed by atoms with Crippen LogP contribution in [0.15, 0.2) is 28.0 Å². The molecule has 3 heterocycles. The minimum atomic E-state index is -4.55. The molecule has 2 aromatic heterocycles. The molecular weight excluding hydrogens is 554 g/mol. The second-order valence-corrected chi connectivity index (χ2v) is 8.68. The number of sulfonamides is 1. The molecule has 10 nitrogen and oxygen atoms in total. The number of hydrogen-bond donors (Lipinski definition) is 1. The van der Waals surface area contributed by atoms with Crippen LogP contribution < -0.4 is 5.32 Å². The summed E-state index contributed by atoms with van der Waals surface area (Å²) in [6.07, 6.45) is -1.94. The summed E-state index contributed by atoms with van der Waals surface area (Å²) < 4.78 is 71.4. The van der Waals surface area contributed by atoms with Crippen molar-refractivity contribution in [1.82, 2.24) is 29.5 Å². The molecule has 15 heteroatoms. The molecule has 174 valence electrons. The van der Waals surface area contributed by atoms with Crippen LogP contribution in [-0.4, -0.2) is 71.7 Å². The molecule has 1 fully saturated rings. The molecule has 31 heavy (non-hydrogen) atoms. The molecule has 0 bridgehead atoms. The first-order chi connectivity index (χ1) is 14.1. The van der Waals surface area contributed by atoms with Crippen LogP contribution in [0.25, 0.3) is 0 Å². The van der Waals surface area contributed by atoms with Crippen LogP contribution in [0.3, 0.4) is 0 Å². The van der Waals surface area contributed by atoms with Crippen LogP contribution in [0.5, 0.6) is 0 Å². The van der Waals surface area contributed by atoms with Crippen molar-refractivity contribution in [3.05, 3.63) is 35.5 Å². The lowest BCUT2D eigenvalue weighted by Crippen LogP contribution is -2.53. The van der Waals surface area contributed by atoms with Gasteiger partial charge in [-0.05, 0) is 0 Å². The van der Waals surface area contributed by atoms with Gasteiger partial charge in [-0.25, -0.2) is 8.42 Å². The van der Waals surface area contributed by atoms with Crippen molar-refractivity contribution in [2.45, 2.75) is 18.5 Å². The molecule has 3 rings (SSSR count). The molecule has 1 aliphatic heterocycles. The Hall–Kier alpha value is -1.88. The molecule has 1 N–H and O–H groups in total. The number of halogens is 4. The van der Waals surface area contributed by atoms with Crippen LogP contribution >= 0.6 is 24.0 Å². The van der Waals surface area contributed by atoms with Gasteiger partial charge in [0.05, 0.1) is 5.69 Å². The van der Waals surface area contributed by atoms with E-state index in [1.807, 2.05) is 0 Å². The predicted octanol–water partition coefficient (Wildman–Crippen LogP) is 1.27. The van der Waals surface area contributed by atoms with Gasteiger partial charge in [0.1, 0.15) is 12.0 Å². The summed E-state index contributed by atoms with van der Waals surface area (Å²) >= 11 is 0. The highest BCUT2D eigenvalue weighted by Crippen LogP contribution is 2.30. The van der Waals surface area contributed by atoms with Crippen molar-refractivity contribution in [2.24, 2.45) is 12.0 Å². The van der Waals surface area contributed by atoms with Crippen molar-refractivity contribution in [2.75, 3.05) is 33.2 Å². The number of rotatable bonds is 5. The average Bonchev–Trinajstić information content (AvgIpc) is 3.31. The average molecular weight is 577 g/mol. The molecule has 0 saturated carbocycles. The first-order valence-electron chi connectivity index (χ1n) is 9.02. The molecule has 0 spiro atoms. The third kappa shape index (κ3) is 6.31. The molecule has 1 aliphatic rings. The van der Waals surface area contributed by atoms with Gasteiger partial charge in [0, 0.05) is 64.6 Å². The third-order valence-corrected chi connectivity index (χ3v) is 6.39. The topological polar surface area (TPSA) is 109 Å². The van der Waals surface area contributed by atoms with Crippen LogP contribution in [0.2, 0.25) is 0 Å². The predicted molar refractivity (Wildman–Crippen MR) is 116 cm³/mol. The van der Waals surface area contributed by atoms with Gasteiger partial charge in [0.15, 0.2) is 11.7 Å². The molecule has 0 aromatic carbocycles. The molecular formula is C16H23F3IN7O3S. The summed E-state index contributed by atoms with van der Waals surface area (Å²) in [5.74, 6) is 0.137. The summed E-state index contributed by atoms with van der Waals surface area (Å²) in [6, 6.07) is 1.49. The zero-order chi connectivity index (χ0) is 21.9. The van der Waals surface area contributed by atoms with E-state index in [0.29, 0.717) is 24.7 Å². The maximum absolute atomic E-state index is 13.1. The monoisotopic (exact) mass is 577 g/mol. The molecule has 0 atom stereocenters. The number of aryl methyl sites for hydroxylation is 1. The Morgan fingerprint density at radius 1 is 1.29 bits per heavy atom. The number of aliphatic imine (C=N–C) groups is 1. The van der Waals surface area contributed by atoms with Crippen molar-refractivity contribution >= 4 is 40.0 Å². The number of aromatic nitrogens is 3. The minimum absolute atomic E-state index is 0. The van der Waals surface area contributed by atoms with Gasteiger partial charge in [0.2, 0.25) is 10.0 Å². The van der Waals surface area contributed by atoms with E-state index in [4.69, 9.17) is 0 Å². The van der Waals surface area contributed by atoms with E-state index in [9.17, 15) is 21.6 Å². The quantitative estimate of drug-likeness (QED) is 0.324. The zero-order valence-corrected chi connectivity index (χ0v) is 20.0. The zero-order valence-electron chi connectivity index (χ0n) is 16.8. The van der Waals surface area contributed by atoms with Gasteiger partial charge in [-0.1, -0.05) is 5.16 Å². The Bertz CT molecular complexity index is 985. The minimum Gasteiger partial charge on any atom is -0.364 e. The second-order valence-electron chi connectivity index (χ2n) is 6.71. The van der Waals surface area contributed by atoms with E-state index < -0.39 is 21.9 Å². The van der Waals surface area contributed by atoms with Crippen molar-refractivity contribution in [1.29, 1.82) is 0 Å². The Kier molecular flexibility index (Phi) is 8.32. The Balaban J connectivity index is 0.00000341. The van der Waals surface area contributed by atoms with E-state index in [2.05, 4.69) is 25.1 Å². The van der Waals surface area contributed by atoms with Gasteiger partial charge in [0.25, 0.3) is 0 Å². The van der Waals surface area contributed by atoms with Crippen LogP contribution in [0.4, 0.5) is 13.2 Å². The van der Waals surface area contributed by atoms with Gasteiger partial charge in [-0.3, -0.25) is 9.67 Å². The highest BCUT2D eigenvalue weighted by Gasteiger charge is 2.37. The van der Waals surface area contributed by atoms with E-state index >= 15 is 0 Å². The Labute approximate surface area is 194 Å². The fraction of sp³-hybridized carbons (Fsp3) is 0.562. The summed E-state index contributed by atoms with van der Waals surface area (Å²) in [5, 5.41) is 10.0. The SMILES string of the molecule is CN=C(NCc1cn(C)nc1C(F)(F)F)N1CCN(S(=O)(=O)Cc2ccon2)CC1.I. The fourth-order valence-corrected chi connectivity index (χ4v) is 4.61. The van der Waals surface area contributed by atoms with Gasteiger partial charge < -0.3 is 14.7 Å². The lowest BCUT2D eigenvalue weighted by molar-refractivity contribution is -0.142. The number of guanidine groups is 1. The highest BCUT2D eigenvalue weighted by atomic mass is 127. The largest absolute Gasteiger partial charge is 0.435 e. The summed E-state index contributed by atoms with van der Waals surface area (Å²) in [4.78, 5) is 5.90. The lowest BCUT2D eigenvalue weighted by Gasteiger charge is -2.35. The smallest absolute Gasteiger partial charge is 0.364 e. The number of hydrogen-bond acceptors (Lipinski definition) is 6. The van der Waals surface area contributed by atoms with Crippen molar-refractivity contribution in [3.63, 3.8) is 0 Å². The van der Waals surface area contributed by atoms with Crippen LogP contribution in [0.1, 0.15) is 17.0 Å². The van der Waals surface area contributed by atoms with Gasteiger partial charge in [-0.2, -0.15) is 22.6 Å². The summed E-state index contributed by atoms with van der Waals surface area (Å²) in [5.41, 5.74) is -0.622. The van der Waals surface area contributed by atoms with Gasteiger partial charge in [-0.15, -0.1) is 24.0 Å². The Morgan fingerprint density at radius 3 is 2.52 bits per heavy atom. The normalized spacial score (nSPS) is 16.3. The molecule has 0 amide bonds. The first kappa shape index (κ1) is 25.4. The number of alkyl halides is 3. The summed E-state index contributed by atoms with van der Waals surface area (Å²) in [6.45, 7) is 1.02. The fourth-order valence-electron chi connectivity index (χ4n) is 3.18. The van der Waals surface area contributed by atoms with E-state index in [1.54, 1.807) is 4.90 Å².